The van der Waals surface area contributed by atoms with Gasteiger partial charge in [-0.3, -0.25) is 14.7 Å². The second-order valence-electron chi connectivity index (χ2n) is 7.51. The minimum atomic E-state index is -0.245. The summed E-state index contributed by atoms with van der Waals surface area (Å²) in [6.45, 7) is 6.44. The van der Waals surface area contributed by atoms with Crippen molar-refractivity contribution in [2.24, 2.45) is 0 Å². The number of ether oxygens (including phenoxy) is 2. The van der Waals surface area contributed by atoms with Gasteiger partial charge >= 0.3 is 5.97 Å². The van der Waals surface area contributed by atoms with E-state index < -0.39 is 0 Å². The molecule has 0 unspecified atom stereocenters. The number of esters is 1. The van der Waals surface area contributed by atoms with Crippen molar-refractivity contribution in [1.82, 2.24) is 9.88 Å². The van der Waals surface area contributed by atoms with E-state index in [0.717, 1.165) is 58.6 Å². The number of fused-ring (bicyclic) bond motifs is 1. The van der Waals surface area contributed by atoms with Gasteiger partial charge in [0, 0.05) is 50.7 Å². The Labute approximate surface area is 196 Å². The number of carbonyl (C=O) groups is 1. The fraction of sp³-hybridized carbons (Fsp3) is 0.333. The second-order valence-corrected chi connectivity index (χ2v) is 8.67. The van der Waals surface area contributed by atoms with Crippen molar-refractivity contribution in [3.8, 4) is 11.5 Å². The summed E-state index contributed by atoms with van der Waals surface area (Å²) in [6.07, 6.45) is 2.08. The third kappa shape index (κ3) is 4.77. The summed E-state index contributed by atoms with van der Waals surface area (Å²) >= 11 is 2.24. The predicted molar refractivity (Wildman–Crippen MR) is 131 cm³/mol. The van der Waals surface area contributed by atoms with Crippen molar-refractivity contribution in [1.29, 1.82) is 0 Å². The van der Waals surface area contributed by atoms with Crippen LogP contribution in [0.4, 0.5) is 5.69 Å². The summed E-state index contributed by atoms with van der Waals surface area (Å²) in [5.74, 6) is 1.23. The molecule has 1 aliphatic heterocycles. The third-order valence-electron chi connectivity index (χ3n) is 5.58. The quantitative estimate of drug-likeness (QED) is 0.266. The molecule has 0 saturated carbocycles. The Morgan fingerprint density at radius 1 is 1.13 bits per heavy atom. The molecular weight excluding hydrogens is 505 g/mol. The van der Waals surface area contributed by atoms with Crippen LogP contribution in [-0.4, -0.2) is 49.1 Å². The number of piperazine rings is 1. The van der Waals surface area contributed by atoms with Crippen LogP contribution in [0.3, 0.4) is 0 Å². The summed E-state index contributed by atoms with van der Waals surface area (Å²) in [4.78, 5) is 21.3. The summed E-state index contributed by atoms with van der Waals surface area (Å²) in [6, 6.07) is 14.3. The molecule has 3 aromatic rings. The Bertz CT molecular complexity index is 1080. The van der Waals surface area contributed by atoms with Crippen LogP contribution in [0.25, 0.3) is 10.9 Å². The van der Waals surface area contributed by atoms with Crippen molar-refractivity contribution >= 4 is 45.2 Å². The number of nitrogens with zero attached hydrogens (tertiary/aromatic N) is 3. The van der Waals surface area contributed by atoms with Gasteiger partial charge in [-0.15, -0.1) is 0 Å². The molecule has 0 spiro atoms. The number of methoxy groups -OCH3 is 1. The average Bonchev–Trinajstić information content (AvgIpc) is 2.82. The van der Waals surface area contributed by atoms with Gasteiger partial charge in [-0.05, 0) is 52.4 Å². The molecule has 0 atom stereocenters. The molecule has 4 rings (SSSR count). The zero-order chi connectivity index (χ0) is 21.8. The lowest BCUT2D eigenvalue weighted by Crippen LogP contribution is -2.46. The molecular formula is C24H26IN3O3. The number of hydrogen-bond donors (Lipinski definition) is 0. The van der Waals surface area contributed by atoms with E-state index in [4.69, 9.17) is 9.47 Å². The predicted octanol–water partition coefficient (Wildman–Crippen LogP) is 4.49. The Balaban J connectivity index is 1.52. The van der Waals surface area contributed by atoms with Crippen molar-refractivity contribution in [2.45, 2.75) is 19.9 Å². The largest absolute Gasteiger partial charge is 0.495 e. The van der Waals surface area contributed by atoms with E-state index >= 15 is 0 Å². The maximum Gasteiger partial charge on any atom is 0.311 e. The fourth-order valence-electron chi connectivity index (χ4n) is 3.95. The van der Waals surface area contributed by atoms with Crippen LogP contribution in [-0.2, 0) is 11.3 Å². The van der Waals surface area contributed by atoms with E-state index in [1.54, 1.807) is 20.2 Å². The normalized spacial score (nSPS) is 14.6. The van der Waals surface area contributed by atoms with E-state index in [-0.39, 0.29) is 5.97 Å². The van der Waals surface area contributed by atoms with Crippen molar-refractivity contribution in [3.05, 3.63) is 57.8 Å². The molecule has 0 amide bonds. The Hall–Kier alpha value is -2.39. The standard InChI is InChI=1S/C24H26IN3O3/c1-3-22(29)31-24-19(25)15-17(18-7-6-10-26-23(18)24)16-27-11-13-28(14-12-27)20-8-4-5-9-21(20)30-2/h4-10,15H,3,11-14,16H2,1-2H3. The molecule has 0 bridgehead atoms. The third-order valence-corrected chi connectivity index (χ3v) is 6.38. The Kier molecular flexibility index (Phi) is 6.92. The van der Waals surface area contributed by atoms with Crippen LogP contribution >= 0.6 is 22.6 Å². The molecule has 7 heteroatoms. The Morgan fingerprint density at radius 2 is 1.90 bits per heavy atom. The highest BCUT2D eigenvalue weighted by atomic mass is 127. The van der Waals surface area contributed by atoms with Gasteiger partial charge in [0.2, 0.25) is 0 Å². The van der Waals surface area contributed by atoms with E-state index in [2.05, 4.69) is 61.6 Å². The smallest absolute Gasteiger partial charge is 0.311 e. The maximum absolute atomic E-state index is 11.9. The van der Waals surface area contributed by atoms with Crippen LogP contribution in [0.2, 0.25) is 0 Å². The lowest BCUT2D eigenvalue weighted by Gasteiger charge is -2.36. The highest BCUT2D eigenvalue weighted by Gasteiger charge is 2.22. The van der Waals surface area contributed by atoms with E-state index in [1.165, 1.54) is 5.56 Å². The van der Waals surface area contributed by atoms with Crippen molar-refractivity contribution in [3.63, 3.8) is 0 Å². The fourth-order valence-corrected chi connectivity index (χ4v) is 4.69. The van der Waals surface area contributed by atoms with Crippen molar-refractivity contribution in [2.75, 3.05) is 38.2 Å². The van der Waals surface area contributed by atoms with Crippen LogP contribution in [0.1, 0.15) is 18.9 Å². The first kappa shape index (κ1) is 21.8. The van der Waals surface area contributed by atoms with E-state index in [1.807, 2.05) is 18.2 Å². The SMILES string of the molecule is CCC(=O)Oc1c(I)cc(CN2CCN(c3ccccc3OC)CC2)c2cccnc12. The lowest BCUT2D eigenvalue weighted by molar-refractivity contribution is -0.133. The van der Waals surface area contributed by atoms with Gasteiger partial charge in [-0.2, -0.15) is 0 Å². The first-order valence-electron chi connectivity index (χ1n) is 10.5. The lowest BCUT2D eigenvalue weighted by atomic mass is 10.1. The van der Waals surface area contributed by atoms with Crippen LogP contribution < -0.4 is 14.4 Å². The summed E-state index contributed by atoms with van der Waals surface area (Å²) in [7, 11) is 1.72. The molecule has 1 aromatic heterocycles. The number of para-hydroxylation sites is 2. The van der Waals surface area contributed by atoms with Gasteiger partial charge in [0.25, 0.3) is 0 Å². The molecule has 6 nitrogen and oxygen atoms in total. The number of anilines is 1. The van der Waals surface area contributed by atoms with Crippen LogP contribution in [0, 0.1) is 3.57 Å². The number of aromatic nitrogens is 1. The minimum Gasteiger partial charge on any atom is -0.495 e. The van der Waals surface area contributed by atoms with Gasteiger partial charge in [-0.25, -0.2) is 0 Å². The first-order valence-corrected chi connectivity index (χ1v) is 11.6. The zero-order valence-corrected chi connectivity index (χ0v) is 20.0. The molecule has 1 aliphatic rings. The zero-order valence-electron chi connectivity index (χ0n) is 17.8. The van der Waals surface area contributed by atoms with Crippen LogP contribution in [0.5, 0.6) is 11.5 Å². The van der Waals surface area contributed by atoms with Gasteiger partial charge in [0.1, 0.15) is 11.3 Å². The molecule has 2 aromatic carbocycles. The molecule has 0 radical (unpaired) electrons. The first-order chi connectivity index (χ1) is 15.1. The van der Waals surface area contributed by atoms with Gasteiger partial charge in [0.15, 0.2) is 5.75 Å². The molecule has 2 heterocycles. The van der Waals surface area contributed by atoms with Crippen LogP contribution in [0.15, 0.2) is 48.7 Å². The summed E-state index contributed by atoms with van der Waals surface area (Å²) in [5.41, 5.74) is 3.10. The van der Waals surface area contributed by atoms with E-state index in [9.17, 15) is 4.79 Å². The number of benzene rings is 2. The topological polar surface area (TPSA) is 54.9 Å². The van der Waals surface area contributed by atoms with E-state index in [0.29, 0.717) is 12.2 Å². The molecule has 1 fully saturated rings. The minimum absolute atomic E-state index is 0.245. The summed E-state index contributed by atoms with van der Waals surface area (Å²) < 4.78 is 12.0. The molecule has 0 aliphatic carbocycles. The number of rotatable bonds is 6. The second kappa shape index (κ2) is 9.82. The van der Waals surface area contributed by atoms with Gasteiger partial charge in [-0.1, -0.05) is 25.1 Å². The highest BCUT2D eigenvalue weighted by molar-refractivity contribution is 14.1. The average molecular weight is 531 g/mol. The van der Waals surface area contributed by atoms with Gasteiger partial charge < -0.3 is 14.4 Å². The van der Waals surface area contributed by atoms with Crippen molar-refractivity contribution < 1.29 is 14.3 Å². The molecule has 0 N–H and O–H groups in total. The number of hydrogen-bond acceptors (Lipinski definition) is 6. The number of carbonyl (C=O) groups excluding carboxylic acids is 1. The number of pyridine rings is 1. The maximum atomic E-state index is 11.9. The summed E-state index contributed by atoms with van der Waals surface area (Å²) in [5, 5.41) is 1.04. The monoisotopic (exact) mass is 531 g/mol. The van der Waals surface area contributed by atoms with Gasteiger partial charge in [0.05, 0.1) is 16.4 Å². The molecule has 1 saturated heterocycles. The molecule has 31 heavy (non-hydrogen) atoms. The highest BCUT2D eigenvalue weighted by Crippen LogP contribution is 2.34. The number of halogens is 1. The molecule has 162 valence electrons. The Morgan fingerprint density at radius 3 is 2.65 bits per heavy atom.